The molecule has 3 aromatic rings. The Bertz CT molecular complexity index is 797. The van der Waals surface area contributed by atoms with Crippen molar-refractivity contribution in [2.45, 2.75) is 0 Å². The fraction of sp³-hybridized carbons (Fsp3) is 0. The molecule has 0 saturated carbocycles. The maximum absolute atomic E-state index is 11.2. The molecular formula is C11H8ClN7O2. The fourth-order valence-electron chi connectivity index (χ4n) is 1.59. The van der Waals surface area contributed by atoms with Gasteiger partial charge < -0.3 is 4.52 Å². The number of aromatic nitrogens is 5. The zero-order valence-corrected chi connectivity index (χ0v) is 11.2. The number of benzene rings is 1. The van der Waals surface area contributed by atoms with Crippen LogP contribution in [0.5, 0.6) is 0 Å². The van der Waals surface area contributed by atoms with Gasteiger partial charge in [0.2, 0.25) is 5.82 Å². The first-order valence-electron chi connectivity index (χ1n) is 5.70. The van der Waals surface area contributed by atoms with E-state index in [9.17, 15) is 4.79 Å². The monoisotopic (exact) mass is 305 g/mol. The van der Waals surface area contributed by atoms with Crippen molar-refractivity contribution in [1.82, 2.24) is 30.6 Å². The van der Waals surface area contributed by atoms with Gasteiger partial charge in [-0.25, -0.2) is 10.5 Å². The Kier molecular flexibility index (Phi) is 3.34. The van der Waals surface area contributed by atoms with E-state index < -0.39 is 5.91 Å². The van der Waals surface area contributed by atoms with Crippen molar-refractivity contribution in [1.29, 1.82) is 0 Å². The van der Waals surface area contributed by atoms with Gasteiger partial charge in [0.15, 0.2) is 5.69 Å². The minimum Gasteiger partial charge on any atom is -0.328 e. The first kappa shape index (κ1) is 13.2. The van der Waals surface area contributed by atoms with Gasteiger partial charge in [0, 0.05) is 5.02 Å². The lowest BCUT2D eigenvalue weighted by molar-refractivity contribution is 0.0910. The van der Waals surface area contributed by atoms with Gasteiger partial charge in [-0.2, -0.15) is 4.98 Å². The summed E-state index contributed by atoms with van der Waals surface area (Å²) in [5.41, 5.74) is 2.96. The number of hydrazine groups is 1. The average molecular weight is 306 g/mol. The molecule has 0 fully saturated rings. The summed E-state index contributed by atoms with van der Waals surface area (Å²) >= 11 is 5.92. The van der Waals surface area contributed by atoms with Crippen LogP contribution in [-0.4, -0.2) is 31.0 Å². The van der Waals surface area contributed by atoms with Crippen LogP contribution >= 0.6 is 11.6 Å². The van der Waals surface area contributed by atoms with Crippen LogP contribution in [0.2, 0.25) is 5.02 Å². The summed E-state index contributed by atoms with van der Waals surface area (Å²) in [6.07, 6.45) is 1.58. The number of hydrogen-bond donors (Lipinski definition) is 2. The molecule has 0 aliphatic heterocycles. The smallest absolute Gasteiger partial charge is 0.323 e. The maximum atomic E-state index is 11.2. The zero-order valence-electron chi connectivity index (χ0n) is 10.4. The lowest BCUT2D eigenvalue weighted by Crippen LogP contribution is -2.30. The standard InChI is InChI=1S/C11H8ClN7O2/c12-6-2-1-3-7(4-6)19-5-8(16-18-19)9-14-11(21-17-9)10(20)15-13/h1-5H,13H2,(H,15,20). The highest BCUT2D eigenvalue weighted by atomic mass is 35.5. The molecule has 0 bridgehead atoms. The molecule has 0 atom stereocenters. The third kappa shape index (κ3) is 2.59. The number of nitrogens with one attached hydrogen (secondary N) is 1. The lowest BCUT2D eigenvalue weighted by atomic mass is 10.3. The molecule has 2 aromatic heterocycles. The molecule has 3 rings (SSSR count). The van der Waals surface area contributed by atoms with E-state index in [0.717, 1.165) is 5.69 Å². The summed E-state index contributed by atoms with van der Waals surface area (Å²) in [4.78, 5) is 15.1. The Balaban J connectivity index is 1.91. The number of hydrogen-bond acceptors (Lipinski definition) is 7. The Morgan fingerprint density at radius 3 is 3.05 bits per heavy atom. The molecule has 10 heteroatoms. The van der Waals surface area contributed by atoms with E-state index in [1.807, 2.05) is 11.5 Å². The summed E-state index contributed by atoms with van der Waals surface area (Å²) in [7, 11) is 0. The van der Waals surface area contributed by atoms with E-state index in [1.165, 1.54) is 4.68 Å². The third-order valence-electron chi connectivity index (χ3n) is 2.55. The second-order valence-corrected chi connectivity index (χ2v) is 4.36. The minimum atomic E-state index is -0.684. The number of amides is 1. The molecule has 0 saturated heterocycles. The van der Waals surface area contributed by atoms with Crippen molar-refractivity contribution in [3.63, 3.8) is 0 Å². The maximum Gasteiger partial charge on any atom is 0.323 e. The van der Waals surface area contributed by atoms with Crippen LogP contribution in [0.4, 0.5) is 0 Å². The van der Waals surface area contributed by atoms with Gasteiger partial charge in [-0.1, -0.05) is 28.0 Å². The fourth-order valence-corrected chi connectivity index (χ4v) is 1.78. The molecule has 21 heavy (non-hydrogen) atoms. The Hall–Kier alpha value is -2.78. The average Bonchev–Trinajstić information content (AvgIpc) is 3.15. The molecule has 0 unspecified atom stereocenters. The highest BCUT2D eigenvalue weighted by molar-refractivity contribution is 6.30. The predicted octanol–water partition coefficient (Wildman–Crippen LogP) is 0.574. The Morgan fingerprint density at radius 2 is 2.29 bits per heavy atom. The molecular weight excluding hydrogens is 298 g/mol. The van der Waals surface area contributed by atoms with E-state index >= 15 is 0 Å². The Labute approximate surface area is 122 Å². The molecule has 106 valence electrons. The number of halogens is 1. The molecule has 9 nitrogen and oxygen atoms in total. The first-order chi connectivity index (χ1) is 10.2. The molecule has 3 N–H and O–H groups in total. The van der Waals surface area contributed by atoms with Gasteiger partial charge in [0.25, 0.3) is 0 Å². The van der Waals surface area contributed by atoms with Gasteiger partial charge in [0.05, 0.1) is 11.9 Å². The SMILES string of the molecule is NNC(=O)c1nc(-c2cn(-c3cccc(Cl)c3)nn2)no1. The number of carbonyl (C=O) groups is 1. The normalized spacial score (nSPS) is 10.6. The highest BCUT2D eigenvalue weighted by Crippen LogP contribution is 2.17. The quantitative estimate of drug-likeness (QED) is 0.412. The predicted molar refractivity (Wildman–Crippen MR) is 71.3 cm³/mol. The van der Waals surface area contributed by atoms with E-state index in [0.29, 0.717) is 10.7 Å². The Morgan fingerprint density at radius 1 is 1.43 bits per heavy atom. The second kappa shape index (κ2) is 5.31. The van der Waals surface area contributed by atoms with E-state index in [4.69, 9.17) is 22.0 Å². The van der Waals surface area contributed by atoms with Crippen LogP contribution in [0.3, 0.4) is 0 Å². The van der Waals surface area contributed by atoms with E-state index in [2.05, 4.69) is 20.5 Å². The van der Waals surface area contributed by atoms with Crippen molar-refractivity contribution >= 4 is 17.5 Å². The number of nitrogens with two attached hydrogens (primary N) is 1. The minimum absolute atomic E-state index is 0.127. The largest absolute Gasteiger partial charge is 0.328 e. The third-order valence-corrected chi connectivity index (χ3v) is 2.78. The van der Waals surface area contributed by atoms with Crippen LogP contribution in [-0.2, 0) is 0 Å². The van der Waals surface area contributed by atoms with Gasteiger partial charge in [-0.15, -0.1) is 5.10 Å². The van der Waals surface area contributed by atoms with Gasteiger partial charge in [-0.3, -0.25) is 10.2 Å². The molecule has 0 spiro atoms. The van der Waals surface area contributed by atoms with Gasteiger partial charge in [0.1, 0.15) is 0 Å². The van der Waals surface area contributed by atoms with Gasteiger partial charge >= 0.3 is 11.8 Å². The first-order valence-corrected chi connectivity index (χ1v) is 6.08. The number of rotatable bonds is 3. The summed E-state index contributed by atoms with van der Waals surface area (Å²) in [5.74, 6) is 4.16. The molecule has 0 radical (unpaired) electrons. The topological polar surface area (TPSA) is 125 Å². The van der Waals surface area contributed by atoms with Crippen LogP contribution in [0, 0.1) is 0 Å². The van der Waals surface area contributed by atoms with Crippen molar-refractivity contribution in [3.05, 3.63) is 41.4 Å². The molecule has 0 aliphatic rings. The van der Waals surface area contributed by atoms with Crippen molar-refractivity contribution < 1.29 is 9.32 Å². The summed E-state index contributed by atoms with van der Waals surface area (Å²) < 4.78 is 6.25. The van der Waals surface area contributed by atoms with Crippen molar-refractivity contribution in [2.24, 2.45) is 5.84 Å². The van der Waals surface area contributed by atoms with Crippen LogP contribution in [0.25, 0.3) is 17.2 Å². The molecule has 0 aliphatic carbocycles. The lowest BCUT2D eigenvalue weighted by Gasteiger charge is -1.98. The van der Waals surface area contributed by atoms with Crippen LogP contribution in [0.15, 0.2) is 35.0 Å². The van der Waals surface area contributed by atoms with Crippen LogP contribution in [0.1, 0.15) is 10.7 Å². The number of nitrogens with zero attached hydrogens (tertiary/aromatic N) is 5. The van der Waals surface area contributed by atoms with Crippen molar-refractivity contribution in [3.8, 4) is 17.2 Å². The van der Waals surface area contributed by atoms with E-state index in [-0.39, 0.29) is 11.7 Å². The number of carbonyl (C=O) groups excluding carboxylic acids is 1. The molecule has 2 heterocycles. The van der Waals surface area contributed by atoms with Crippen molar-refractivity contribution in [2.75, 3.05) is 0 Å². The van der Waals surface area contributed by atoms with Crippen LogP contribution < -0.4 is 11.3 Å². The molecule has 1 aromatic carbocycles. The zero-order chi connectivity index (χ0) is 14.8. The highest BCUT2D eigenvalue weighted by Gasteiger charge is 2.17. The second-order valence-electron chi connectivity index (χ2n) is 3.92. The van der Waals surface area contributed by atoms with E-state index in [1.54, 1.807) is 24.4 Å². The molecule has 1 amide bonds. The van der Waals surface area contributed by atoms with Gasteiger partial charge in [-0.05, 0) is 18.2 Å². The summed E-state index contributed by atoms with van der Waals surface area (Å²) in [6.45, 7) is 0. The summed E-state index contributed by atoms with van der Waals surface area (Å²) in [5, 5.41) is 12.1. The summed E-state index contributed by atoms with van der Waals surface area (Å²) in [6, 6.07) is 7.08. The number of nitrogen functional groups attached to an aromatic ring is 1.